The van der Waals surface area contributed by atoms with Crippen LogP contribution >= 0.6 is 0 Å². The van der Waals surface area contributed by atoms with E-state index >= 15 is 0 Å². The normalized spacial score (nSPS) is 18.7. The first-order valence-corrected chi connectivity index (χ1v) is 10.6. The van der Waals surface area contributed by atoms with Gasteiger partial charge in [-0.15, -0.1) is 0 Å². The van der Waals surface area contributed by atoms with Crippen LogP contribution in [0, 0.1) is 0 Å². The molecule has 2 fully saturated rings. The molecule has 4 rings (SSSR count). The average Bonchev–Trinajstić information content (AvgIpc) is 3.20. The lowest BCUT2D eigenvalue weighted by atomic mass is 10.1. The van der Waals surface area contributed by atoms with Crippen molar-refractivity contribution in [2.75, 3.05) is 45.8 Å². The first-order valence-electron chi connectivity index (χ1n) is 10.6. The van der Waals surface area contributed by atoms with Crippen molar-refractivity contribution in [2.45, 2.75) is 19.3 Å². The van der Waals surface area contributed by atoms with Crippen molar-refractivity contribution in [3.8, 4) is 0 Å². The van der Waals surface area contributed by atoms with E-state index in [1.807, 2.05) is 29.2 Å². The Morgan fingerprint density at radius 3 is 2.52 bits per heavy atom. The van der Waals surface area contributed by atoms with Gasteiger partial charge in [-0.2, -0.15) is 0 Å². The van der Waals surface area contributed by atoms with Crippen LogP contribution in [0.2, 0.25) is 0 Å². The van der Waals surface area contributed by atoms with Crippen molar-refractivity contribution in [1.29, 1.82) is 0 Å². The van der Waals surface area contributed by atoms with Crippen LogP contribution in [0.1, 0.15) is 24.8 Å². The van der Waals surface area contributed by atoms with Crippen molar-refractivity contribution >= 4 is 28.7 Å². The summed E-state index contributed by atoms with van der Waals surface area (Å²) in [6.45, 7) is 5.74. The monoisotopic (exact) mass is 391 g/mol. The van der Waals surface area contributed by atoms with Crippen molar-refractivity contribution in [1.82, 2.24) is 14.7 Å². The summed E-state index contributed by atoms with van der Waals surface area (Å²) in [5.74, 6) is 0.144. The summed E-state index contributed by atoms with van der Waals surface area (Å²) in [4.78, 5) is 31.3. The van der Waals surface area contributed by atoms with E-state index in [9.17, 15) is 9.59 Å². The molecular formula is C24H29N3O2. The number of hydrogen-bond acceptors (Lipinski definition) is 3. The van der Waals surface area contributed by atoms with E-state index in [0.717, 1.165) is 37.1 Å². The molecule has 0 aromatic heterocycles. The number of fused-ring (bicyclic) bond motifs is 1. The van der Waals surface area contributed by atoms with Gasteiger partial charge in [-0.05, 0) is 54.4 Å². The Morgan fingerprint density at radius 1 is 0.897 bits per heavy atom. The molecular weight excluding hydrogens is 362 g/mol. The quantitative estimate of drug-likeness (QED) is 0.736. The number of carbonyl (C=O) groups excluding carboxylic acids is 2. The van der Waals surface area contributed by atoms with Gasteiger partial charge in [0.1, 0.15) is 0 Å². The number of nitrogens with zero attached hydrogens (tertiary/aromatic N) is 3. The molecule has 0 bridgehead atoms. The van der Waals surface area contributed by atoms with E-state index in [-0.39, 0.29) is 11.8 Å². The topological polar surface area (TPSA) is 43.9 Å². The molecule has 5 nitrogen and oxygen atoms in total. The Balaban J connectivity index is 1.33. The highest BCUT2D eigenvalue weighted by Crippen LogP contribution is 2.17. The maximum absolute atomic E-state index is 12.7. The Bertz CT molecular complexity index is 902. The molecule has 0 aliphatic carbocycles. The second-order valence-electron chi connectivity index (χ2n) is 7.94. The predicted octanol–water partition coefficient (Wildman–Crippen LogP) is 3.01. The van der Waals surface area contributed by atoms with E-state index < -0.39 is 0 Å². The van der Waals surface area contributed by atoms with Crippen LogP contribution in [0.15, 0.2) is 48.5 Å². The SMILES string of the molecule is O=C(/C=C/c1ccc2ccccc2c1)N1CCC(=O)N(CCN2CCCC2)CC1. The minimum Gasteiger partial charge on any atom is -0.340 e. The summed E-state index contributed by atoms with van der Waals surface area (Å²) in [6.07, 6.45) is 6.44. The largest absolute Gasteiger partial charge is 0.340 e. The maximum atomic E-state index is 12.7. The molecule has 0 unspecified atom stereocenters. The zero-order chi connectivity index (χ0) is 20.1. The summed E-state index contributed by atoms with van der Waals surface area (Å²) in [5.41, 5.74) is 1.01. The third-order valence-electron chi connectivity index (χ3n) is 5.98. The van der Waals surface area contributed by atoms with Gasteiger partial charge in [0, 0.05) is 45.2 Å². The fourth-order valence-electron chi connectivity index (χ4n) is 4.18. The number of likely N-dealkylation sites (tertiary alicyclic amines) is 1. The molecule has 0 radical (unpaired) electrons. The first-order chi connectivity index (χ1) is 14.2. The van der Waals surface area contributed by atoms with Crippen molar-refractivity contribution < 1.29 is 9.59 Å². The van der Waals surface area contributed by atoms with Crippen molar-refractivity contribution in [3.05, 3.63) is 54.1 Å². The smallest absolute Gasteiger partial charge is 0.246 e. The maximum Gasteiger partial charge on any atom is 0.246 e. The van der Waals surface area contributed by atoms with Gasteiger partial charge < -0.3 is 14.7 Å². The fourth-order valence-corrected chi connectivity index (χ4v) is 4.18. The summed E-state index contributed by atoms with van der Waals surface area (Å²) in [6, 6.07) is 14.4. The van der Waals surface area contributed by atoms with Gasteiger partial charge in [-0.25, -0.2) is 0 Å². The number of hydrogen-bond donors (Lipinski definition) is 0. The molecule has 0 N–H and O–H groups in total. The lowest BCUT2D eigenvalue weighted by molar-refractivity contribution is -0.130. The van der Waals surface area contributed by atoms with Crippen LogP contribution in [0.5, 0.6) is 0 Å². The minimum absolute atomic E-state index is 0.0210. The molecule has 2 aliphatic rings. The molecule has 2 heterocycles. The molecule has 0 saturated carbocycles. The molecule has 5 heteroatoms. The van der Waals surface area contributed by atoms with Gasteiger partial charge in [0.15, 0.2) is 0 Å². The standard InChI is InChI=1S/C24H29N3O2/c28-23(10-8-20-7-9-21-5-1-2-6-22(21)19-20)26-14-11-24(29)27(18-17-26)16-15-25-12-3-4-13-25/h1-2,5-10,19H,3-4,11-18H2/b10-8+. The minimum atomic E-state index is -0.0210. The summed E-state index contributed by atoms with van der Waals surface area (Å²) in [7, 11) is 0. The molecule has 2 aromatic carbocycles. The Labute approximate surface area is 172 Å². The van der Waals surface area contributed by atoms with Gasteiger partial charge in [0.05, 0.1) is 0 Å². The third kappa shape index (κ3) is 5.04. The second-order valence-corrected chi connectivity index (χ2v) is 7.94. The zero-order valence-corrected chi connectivity index (χ0v) is 16.9. The van der Waals surface area contributed by atoms with Crippen LogP contribution in [0.3, 0.4) is 0 Å². The molecule has 0 atom stereocenters. The van der Waals surface area contributed by atoms with Gasteiger partial charge in [-0.1, -0.05) is 36.4 Å². The fraction of sp³-hybridized carbons (Fsp3) is 0.417. The summed E-state index contributed by atoms with van der Waals surface area (Å²) < 4.78 is 0. The number of amides is 2. The number of benzene rings is 2. The highest BCUT2D eigenvalue weighted by Gasteiger charge is 2.23. The van der Waals surface area contributed by atoms with Gasteiger partial charge in [0.25, 0.3) is 0 Å². The highest BCUT2D eigenvalue weighted by atomic mass is 16.2. The van der Waals surface area contributed by atoms with Gasteiger partial charge in [0.2, 0.25) is 11.8 Å². The van der Waals surface area contributed by atoms with Gasteiger partial charge >= 0.3 is 0 Å². The van der Waals surface area contributed by atoms with Crippen molar-refractivity contribution in [2.24, 2.45) is 0 Å². The number of rotatable bonds is 5. The second kappa shape index (κ2) is 9.23. The van der Waals surface area contributed by atoms with E-state index in [4.69, 9.17) is 0 Å². The van der Waals surface area contributed by atoms with E-state index in [1.165, 1.54) is 18.2 Å². The molecule has 2 amide bonds. The Hall–Kier alpha value is -2.66. The molecule has 2 aromatic rings. The Kier molecular flexibility index (Phi) is 6.25. The molecule has 152 valence electrons. The average molecular weight is 392 g/mol. The molecule has 29 heavy (non-hydrogen) atoms. The number of carbonyl (C=O) groups is 2. The van der Waals surface area contributed by atoms with Crippen LogP contribution in [-0.4, -0.2) is 72.3 Å². The lowest BCUT2D eigenvalue weighted by Crippen LogP contribution is -2.39. The lowest BCUT2D eigenvalue weighted by Gasteiger charge is -2.24. The first kappa shape index (κ1) is 19.6. The van der Waals surface area contributed by atoms with E-state index in [2.05, 4.69) is 29.2 Å². The predicted molar refractivity (Wildman–Crippen MR) is 116 cm³/mol. The van der Waals surface area contributed by atoms with Gasteiger partial charge in [-0.3, -0.25) is 9.59 Å². The summed E-state index contributed by atoms with van der Waals surface area (Å²) in [5, 5.41) is 2.35. The molecule has 2 saturated heterocycles. The summed E-state index contributed by atoms with van der Waals surface area (Å²) >= 11 is 0. The van der Waals surface area contributed by atoms with Crippen LogP contribution in [0.25, 0.3) is 16.8 Å². The van der Waals surface area contributed by atoms with Crippen LogP contribution in [-0.2, 0) is 9.59 Å². The molecule has 0 spiro atoms. The highest BCUT2D eigenvalue weighted by molar-refractivity contribution is 5.93. The van der Waals surface area contributed by atoms with Crippen LogP contribution in [0.4, 0.5) is 0 Å². The van der Waals surface area contributed by atoms with E-state index in [1.54, 1.807) is 11.0 Å². The Morgan fingerprint density at radius 2 is 1.69 bits per heavy atom. The molecule has 2 aliphatic heterocycles. The van der Waals surface area contributed by atoms with Crippen molar-refractivity contribution in [3.63, 3.8) is 0 Å². The zero-order valence-electron chi connectivity index (χ0n) is 16.9. The third-order valence-corrected chi connectivity index (χ3v) is 5.98. The van der Waals surface area contributed by atoms with E-state index in [0.29, 0.717) is 26.1 Å². The van der Waals surface area contributed by atoms with Crippen LogP contribution < -0.4 is 0 Å².